The highest BCUT2D eigenvalue weighted by atomic mass is 32.2. The Balaban J connectivity index is 3.30. The number of nitrogens with zero attached hydrogens (tertiary/aromatic N) is 1. The summed E-state index contributed by atoms with van der Waals surface area (Å²) in [5, 5.41) is 6.13. The molecule has 3 N–H and O–H groups in total. The maximum absolute atomic E-state index is 13.9. The SMILES string of the molecule is CNC(C(=O)NC(C(=O)N(C)C(C=C(C)C(=O)NS(=O)(=O)CCS)C(C)C)C(C)(C)C)C(C)(C)c1ccccc1. The summed E-state index contributed by atoms with van der Waals surface area (Å²) in [5.74, 6) is -1.70. The van der Waals surface area contributed by atoms with Crippen LogP contribution in [0.25, 0.3) is 0 Å². The van der Waals surface area contributed by atoms with Crippen LogP contribution in [0.2, 0.25) is 0 Å². The third-order valence-electron chi connectivity index (χ3n) is 7.05. The smallest absolute Gasteiger partial charge is 0.260 e. The predicted molar refractivity (Wildman–Crippen MR) is 165 cm³/mol. The Labute approximate surface area is 246 Å². The second kappa shape index (κ2) is 14.5. The number of sulfonamides is 1. The molecule has 0 spiro atoms. The highest BCUT2D eigenvalue weighted by Gasteiger charge is 2.41. The van der Waals surface area contributed by atoms with Gasteiger partial charge in [0.25, 0.3) is 5.91 Å². The number of rotatable bonds is 13. The molecule has 3 amide bonds. The second-order valence-corrected chi connectivity index (χ2v) is 14.4. The molecule has 1 aromatic rings. The number of carbonyl (C=O) groups excluding carboxylic acids is 3. The van der Waals surface area contributed by atoms with Crippen LogP contribution in [-0.2, 0) is 29.8 Å². The summed E-state index contributed by atoms with van der Waals surface area (Å²) in [5.41, 5.74) is -0.0551. The molecule has 0 saturated heterocycles. The van der Waals surface area contributed by atoms with Crippen molar-refractivity contribution in [3.05, 3.63) is 47.5 Å². The van der Waals surface area contributed by atoms with E-state index in [0.717, 1.165) is 5.56 Å². The zero-order valence-electron chi connectivity index (χ0n) is 25.5. The van der Waals surface area contributed by atoms with Crippen LogP contribution in [-0.4, -0.2) is 74.8 Å². The number of benzene rings is 1. The molecule has 1 aromatic carbocycles. The number of amides is 3. The Hall–Kier alpha value is -2.37. The summed E-state index contributed by atoms with van der Waals surface area (Å²) >= 11 is 3.92. The van der Waals surface area contributed by atoms with E-state index in [-0.39, 0.29) is 34.8 Å². The third-order valence-corrected chi connectivity index (χ3v) is 8.82. The van der Waals surface area contributed by atoms with Gasteiger partial charge in [0.1, 0.15) is 6.04 Å². The van der Waals surface area contributed by atoms with Crippen molar-refractivity contribution in [2.45, 2.75) is 78.9 Å². The Bertz CT molecular complexity index is 1160. The fourth-order valence-corrected chi connectivity index (χ4v) is 6.06. The molecule has 3 atom stereocenters. The van der Waals surface area contributed by atoms with Crippen LogP contribution in [0.3, 0.4) is 0 Å². The van der Waals surface area contributed by atoms with Gasteiger partial charge in [-0.1, -0.05) is 84.9 Å². The van der Waals surface area contributed by atoms with Gasteiger partial charge in [0.2, 0.25) is 21.8 Å². The highest BCUT2D eigenvalue weighted by Crippen LogP contribution is 2.29. The van der Waals surface area contributed by atoms with E-state index in [1.807, 2.05) is 83.5 Å². The third kappa shape index (κ3) is 9.62. The normalized spacial score (nSPS) is 15.2. The minimum absolute atomic E-state index is 0.0775. The molecule has 0 heterocycles. The molecule has 0 bridgehead atoms. The number of carbonyl (C=O) groups is 3. The van der Waals surface area contributed by atoms with Crippen LogP contribution >= 0.6 is 12.6 Å². The largest absolute Gasteiger partial charge is 0.342 e. The van der Waals surface area contributed by atoms with E-state index in [1.54, 1.807) is 20.2 Å². The molecule has 40 heavy (non-hydrogen) atoms. The molecule has 0 aliphatic rings. The summed E-state index contributed by atoms with van der Waals surface area (Å²) < 4.78 is 26.1. The lowest BCUT2D eigenvalue weighted by Crippen LogP contribution is -2.61. The quantitative estimate of drug-likeness (QED) is 0.205. The summed E-state index contributed by atoms with van der Waals surface area (Å²) in [7, 11) is -0.462. The molecule has 1 rings (SSSR count). The van der Waals surface area contributed by atoms with Crippen LogP contribution in [0.4, 0.5) is 0 Å². The summed E-state index contributed by atoms with van der Waals surface area (Å²) in [6.07, 6.45) is 1.59. The molecule has 226 valence electrons. The number of hydrogen-bond donors (Lipinski definition) is 4. The van der Waals surface area contributed by atoms with Gasteiger partial charge >= 0.3 is 0 Å². The molecule has 0 aliphatic heterocycles. The number of thiol groups is 1. The van der Waals surface area contributed by atoms with Gasteiger partial charge in [0.05, 0.1) is 17.8 Å². The van der Waals surface area contributed by atoms with E-state index in [4.69, 9.17) is 0 Å². The molecular formula is C29H48N4O5S2. The monoisotopic (exact) mass is 596 g/mol. The summed E-state index contributed by atoms with van der Waals surface area (Å²) in [6.45, 7) is 14.9. The molecule has 9 nitrogen and oxygen atoms in total. The first-order chi connectivity index (χ1) is 18.3. The molecular weight excluding hydrogens is 548 g/mol. The van der Waals surface area contributed by atoms with Gasteiger partial charge in [-0.2, -0.15) is 12.6 Å². The number of hydrogen-bond acceptors (Lipinski definition) is 7. The van der Waals surface area contributed by atoms with Crippen molar-refractivity contribution >= 4 is 40.4 Å². The highest BCUT2D eigenvalue weighted by molar-refractivity contribution is 7.91. The Morgan fingerprint density at radius 2 is 1.57 bits per heavy atom. The Kier molecular flexibility index (Phi) is 12.9. The molecule has 0 aliphatic carbocycles. The molecule has 3 unspecified atom stereocenters. The number of nitrogens with one attached hydrogen (secondary N) is 3. The fourth-order valence-electron chi connectivity index (χ4n) is 4.56. The van der Waals surface area contributed by atoms with Crippen LogP contribution < -0.4 is 15.4 Å². The topological polar surface area (TPSA) is 125 Å². The van der Waals surface area contributed by atoms with Gasteiger partial charge in [-0.3, -0.25) is 14.4 Å². The van der Waals surface area contributed by atoms with Crippen molar-refractivity contribution < 1.29 is 22.8 Å². The fraction of sp³-hybridized carbons (Fsp3) is 0.621. The molecule has 0 saturated carbocycles. The second-order valence-electron chi connectivity index (χ2n) is 12.1. The van der Waals surface area contributed by atoms with Crippen LogP contribution in [0.5, 0.6) is 0 Å². The van der Waals surface area contributed by atoms with E-state index < -0.39 is 44.9 Å². The zero-order chi connectivity index (χ0) is 31.1. The lowest BCUT2D eigenvalue weighted by atomic mass is 9.76. The van der Waals surface area contributed by atoms with Gasteiger partial charge in [0.15, 0.2) is 0 Å². The first-order valence-electron chi connectivity index (χ1n) is 13.4. The minimum Gasteiger partial charge on any atom is -0.342 e. The standard InChI is InChI=1S/C29H48N4O5S2/c1-19(2)22(18-20(3)25(34)32-40(37,38)17-16-39)33(10)27(36)24(28(4,5)6)31-26(35)23(30-9)29(7,8)21-14-12-11-13-15-21/h11-15,18-19,22-24,30,39H,16-17H2,1-10H3,(H,31,35)(H,32,34). The lowest BCUT2D eigenvalue weighted by molar-refractivity contribution is -0.140. The van der Waals surface area contributed by atoms with Crippen molar-refractivity contribution in [3.8, 4) is 0 Å². The van der Waals surface area contributed by atoms with Crippen LogP contribution in [0.15, 0.2) is 42.0 Å². The molecule has 11 heteroatoms. The summed E-state index contributed by atoms with van der Waals surface area (Å²) in [4.78, 5) is 41.7. The Morgan fingerprint density at radius 3 is 2.02 bits per heavy atom. The van der Waals surface area contributed by atoms with E-state index in [1.165, 1.54) is 11.8 Å². The first-order valence-corrected chi connectivity index (χ1v) is 15.7. The van der Waals surface area contributed by atoms with Gasteiger partial charge in [0, 0.05) is 23.8 Å². The first kappa shape index (κ1) is 35.7. The molecule has 0 aromatic heterocycles. The Morgan fingerprint density at radius 1 is 1.02 bits per heavy atom. The van der Waals surface area contributed by atoms with Gasteiger partial charge in [-0.25, -0.2) is 13.1 Å². The lowest BCUT2D eigenvalue weighted by Gasteiger charge is -2.40. The van der Waals surface area contributed by atoms with E-state index >= 15 is 0 Å². The average Bonchev–Trinajstić information content (AvgIpc) is 2.84. The van der Waals surface area contributed by atoms with Crippen LogP contribution in [0.1, 0.15) is 61.0 Å². The van der Waals surface area contributed by atoms with Crippen molar-refractivity contribution in [2.75, 3.05) is 25.6 Å². The molecule has 0 radical (unpaired) electrons. The van der Waals surface area contributed by atoms with Gasteiger partial charge in [-0.05, 0) is 30.9 Å². The van der Waals surface area contributed by atoms with E-state index in [0.29, 0.717) is 0 Å². The minimum atomic E-state index is -3.81. The predicted octanol–water partition coefficient (Wildman–Crippen LogP) is 2.89. The van der Waals surface area contributed by atoms with Gasteiger partial charge < -0.3 is 15.5 Å². The van der Waals surface area contributed by atoms with Crippen molar-refractivity contribution in [1.82, 2.24) is 20.3 Å². The maximum atomic E-state index is 13.9. The van der Waals surface area contributed by atoms with Crippen molar-refractivity contribution in [1.29, 1.82) is 0 Å². The number of likely N-dealkylation sites (N-methyl/N-ethyl adjacent to an activating group) is 2. The maximum Gasteiger partial charge on any atom is 0.260 e. The van der Waals surface area contributed by atoms with Crippen LogP contribution in [0, 0.1) is 11.3 Å². The van der Waals surface area contributed by atoms with Crippen molar-refractivity contribution in [2.24, 2.45) is 11.3 Å². The molecule has 0 fully saturated rings. The zero-order valence-corrected chi connectivity index (χ0v) is 27.2. The average molecular weight is 597 g/mol. The summed E-state index contributed by atoms with van der Waals surface area (Å²) in [6, 6.07) is 7.69. The van der Waals surface area contributed by atoms with Gasteiger partial charge in [-0.15, -0.1) is 0 Å². The van der Waals surface area contributed by atoms with Crippen molar-refractivity contribution in [3.63, 3.8) is 0 Å². The van der Waals surface area contributed by atoms with E-state index in [9.17, 15) is 22.8 Å². The van der Waals surface area contributed by atoms with E-state index in [2.05, 4.69) is 23.3 Å².